The maximum Gasteiger partial charge on any atom is 0.199 e. The van der Waals surface area contributed by atoms with Crippen LogP contribution in [0.4, 0.5) is 0 Å². The number of aliphatic hydroxyl groups excluding tert-OH is 1. The Hall–Kier alpha value is -1.23. The Kier molecular flexibility index (Phi) is 6.70. The van der Waals surface area contributed by atoms with Gasteiger partial charge in [-0.05, 0) is 25.2 Å². The second-order valence-corrected chi connectivity index (χ2v) is 4.63. The lowest BCUT2D eigenvalue weighted by Gasteiger charge is -2.18. The van der Waals surface area contributed by atoms with Crippen LogP contribution < -0.4 is 0 Å². The molecule has 0 aliphatic rings. The second kappa shape index (κ2) is 8.04. The van der Waals surface area contributed by atoms with E-state index in [-0.39, 0.29) is 6.61 Å². The van der Waals surface area contributed by atoms with Crippen LogP contribution in [0, 0.1) is 16.1 Å². The van der Waals surface area contributed by atoms with Crippen molar-refractivity contribution in [2.45, 2.75) is 46.5 Å². The van der Waals surface area contributed by atoms with Crippen LogP contribution in [0.25, 0.3) is 0 Å². The maximum atomic E-state index is 9.32. The van der Waals surface area contributed by atoms with Gasteiger partial charge in [-0.25, -0.2) is 4.68 Å². The summed E-state index contributed by atoms with van der Waals surface area (Å²) < 4.78 is 4.21. The molecule has 0 amide bonds. The Morgan fingerprint density at radius 3 is 2.74 bits per heavy atom. The summed E-state index contributed by atoms with van der Waals surface area (Å²) in [7, 11) is 0. The normalized spacial score (nSPS) is 10.9. The van der Waals surface area contributed by atoms with Gasteiger partial charge in [0.05, 0.1) is 12.7 Å². The third-order valence-electron chi connectivity index (χ3n) is 2.91. The zero-order valence-electron chi connectivity index (χ0n) is 11.5. The van der Waals surface area contributed by atoms with Crippen molar-refractivity contribution >= 4 is 12.2 Å². The van der Waals surface area contributed by atoms with Gasteiger partial charge in [-0.15, -0.1) is 0 Å². The van der Waals surface area contributed by atoms with Gasteiger partial charge in [-0.2, -0.15) is 10.4 Å². The van der Waals surface area contributed by atoms with Gasteiger partial charge in [0, 0.05) is 19.5 Å². The average molecular weight is 283 g/mol. The van der Waals surface area contributed by atoms with E-state index in [2.05, 4.69) is 23.0 Å². The molecular formula is C12H21N5OS. The minimum atomic E-state index is -0.110. The van der Waals surface area contributed by atoms with Gasteiger partial charge in [-0.3, -0.25) is 4.90 Å². The van der Waals surface area contributed by atoms with Gasteiger partial charge in [0.15, 0.2) is 10.6 Å². The van der Waals surface area contributed by atoms with Crippen molar-refractivity contribution in [1.82, 2.24) is 19.2 Å². The predicted octanol–water partition coefficient (Wildman–Crippen LogP) is 1.51. The van der Waals surface area contributed by atoms with E-state index in [0.717, 1.165) is 19.5 Å². The molecule has 0 atom stereocenters. The first-order chi connectivity index (χ1) is 9.17. The van der Waals surface area contributed by atoms with E-state index in [0.29, 0.717) is 30.2 Å². The number of hydrogen-bond acceptors (Lipinski definition) is 5. The molecule has 106 valence electrons. The van der Waals surface area contributed by atoms with Crippen LogP contribution >= 0.6 is 12.2 Å². The summed E-state index contributed by atoms with van der Waals surface area (Å²) >= 11 is 5.38. The molecule has 0 aliphatic heterocycles. The van der Waals surface area contributed by atoms with Crippen molar-refractivity contribution in [2.24, 2.45) is 0 Å². The van der Waals surface area contributed by atoms with E-state index in [1.54, 1.807) is 4.68 Å². The minimum Gasteiger partial charge on any atom is -0.388 e. The summed E-state index contributed by atoms with van der Waals surface area (Å²) in [6, 6.07) is 2.14. The number of aliphatic hydroxyl groups is 1. The fourth-order valence-electron chi connectivity index (χ4n) is 1.87. The van der Waals surface area contributed by atoms with E-state index >= 15 is 0 Å². The Bertz CT molecular complexity index is 487. The van der Waals surface area contributed by atoms with Gasteiger partial charge in [0.1, 0.15) is 6.61 Å². The number of nitrogens with zero attached hydrogens (tertiary/aromatic N) is 5. The Morgan fingerprint density at radius 1 is 1.47 bits per heavy atom. The molecule has 1 rings (SSSR count). The van der Waals surface area contributed by atoms with Crippen molar-refractivity contribution in [3.63, 3.8) is 0 Å². The highest BCUT2D eigenvalue weighted by Gasteiger charge is 2.11. The second-order valence-electron chi connectivity index (χ2n) is 4.27. The van der Waals surface area contributed by atoms with Crippen LogP contribution in [0.2, 0.25) is 0 Å². The maximum absolute atomic E-state index is 9.32. The molecule has 1 aromatic rings. The summed E-state index contributed by atoms with van der Waals surface area (Å²) in [5, 5.41) is 22.3. The van der Waals surface area contributed by atoms with Crippen molar-refractivity contribution < 1.29 is 5.11 Å². The molecule has 0 fully saturated rings. The molecule has 0 unspecified atom stereocenters. The quantitative estimate of drug-likeness (QED) is 0.732. The lowest BCUT2D eigenvalue weighted by molar-refractivity contribution is 0.217. The highest BCUT2D eigenvalue weighted by atomic mass is 32.1. The van der Waals surface area contributed by atoms with E-state index in [9.17, 15) is 5.11 Å². The fraction of sp³-hybridized carbons (Fsp3) is 0.750. The van der Waals surface area contributed by atoms with E-state index in [1.807, 2.05) is 11.5 Å². The molecule has 6 nitrogen and oxygen atoms in total. The molecule has 0 aliphatic carbocycles. The topological polar surface area (TPSA) is 70.0 Å². The molecular weight excluding hydrogens is 262 g/mol. The molecule has 1 heterocycles. The van der Waals surface area contributed by atoms with Gasteiger partial charge in [-0.1, -0.05) is 13.8 Å². The van der Waals surface area contributed by atoms with Gasteiger partial charge in [0.2, 0.25) is 0 Å². The van der Waals surface area contributed by atoms with Crippen LogP contribution in [-0.4, -0.2) is 37.4 Å². The molecule has 0 bridgehead atoms. The third-order valence-corrected chi connectivity index (χ3v) is 3.34. The van der Waals surface area contributed by atoms with Crippen molar-refractivity contribution in [1.29, 1.82) is 5.26 Å². The fourth-order valence-corrected chi connectivity index (χ4v) is 2.16. The molecule has 0 spiro atoms. The largest absolute Gasteiger partial charge is 0.388 e. The highest BCUT2D eigenvalue weighted by molar-refractivity contribution is 7.71. The van der Waals surface area contributed by atoms with Crippen LogP contribution in [0.5, 0.6) is 0 Å². The van der Waals surface area contributed by atoms with Gasteiger partial charge >= 0.3 is 0 Å². The first kappa shape index (κ1) is 15.8. The Labute approximate surface area is 118 Å². The van der Waals surface area contributed by atoms with E-state index in [4.69, 9.17) is 17.5 Å². The smallest absolute Gasteiger partial charge is 0.199 e. The highest BCUT2D eigenvalue weighted by Crippen LogP contribution is 2.05. The van der Waals surface area contributed by atoms with Gasteiger partial charge in [0.25, 0.3) is 0 Å². The number of hydrogen-bond donors (Lipinski definition) is 1. The zero-order chi connectivity index (χ0) is 14.3. The summed E-state index contributed by atoms with van der Waals surface area (Å²) in [5.74, 6) is 0.600. The van der Waals surface area contributed by atoms with Crippen molar-refractivity contribution in [2.75, 3.05) is 13.1 Å². The summed E-state index contributed by atoms with van der Waals surface area (Å²) in [6.45, 7) is 6.84. The monoisotopic (exact) mass is 283 g/mol. The zero-order valence-corrected chi connectivity index (χ0v) is 12.4. The lowest BCUT2D eigenvalue weighted by Crippen LogP contribution is -2.28. The third kappa shape index (κ3) is 4.13. The summed E-state index contributed by atoms with van der Waals surface area (Å²) in [5.41, 5.74) is 0. The SMILES string of the molecule is CCCn1c(CO)nn(CN(CC)CCC#N)c1=S. The van der Waals surface area contributed by atoms with Crippen molar-refractivity contribution in [3.8, 4) is 6.07 Å². The number of rotatable bonds is 8. The van der Waals surface area contributed by atoms with Crippen molar-refractivity contribution in [3.05, 3.63) is 10.6 Å². The minimum absolute atomic E-state index is 0.110. The average Bonchev–Trinajstić information content (AvgIpc) is 2.72. The molecule has 0 saturated heterocycles. The van der Waals surface area contributed by atoms with E-state index in [1.165, 1.54) is 0 Å². The van der Waals surface area contributed by atoms with E-state index < -0.39 is 0 Å². The first-order valence-corrected chi connectivity index (χ1v) is 6.95. The van der Waals surface area contributed by atoms with Crippen LogP contribution in [0.1, 0.15) is 32.5 Å². The molecule has 0 aromatic carbocycles. The molecule has 0 radical (unpaired) electrons. The molecule has 7 heteroatoms. The Morgan fingerprint density at radius 2 is 2.21 bits per heavy atom. The Balaban J connectivity index is 2.89. The van der Waals surface area contributed by atoms with Gasteiger partial charge < -0.3 is 9.67 Å². The molecule has 0 saturated carbocycles. The van der Waals surface area contributed by atoms with Crippen LogP contribution in [-0.2, 0) is 19.8 Å². The molecule has 19 heavy (non-hydrogen) atoms. The van der Waals surface area contributed by atoms with Crippen LogP contribution in [0.15, 0.2) is 0 Å². The summed E-state index contributed by atoms with van der Waals surface area (Å²) in [4.78, 5) is 2.10. The predicted molar refractivity (Wildman–Crippen MR) is 74.7 cm³/mol. The lowest BCUT2D eigenvalue weighted by atomic mass is 10.4. The standard InChI is InChI=1S/C12H21N5OS/c1-3-7-16-11(9-18)14-17(12(16)19)10-15(4-2)8-5-6-13/h18H,3-5,7-10H2,1-2H3. The molecule has 1 N–H and O–H groups in total. The van der Waals surface area contributed by atoms with Crippen LogP contribution in [0.3, 0.4) is 0 Å². The number of nitriles is 1. The first-order valence-electron chi connectivity index (χ1n) is 6.54. The molecule has 1 aromatic heterocycles. The summed E-state index contributed by atoms with van der Waals surface area (Å²) in [6.07, 6.45) is 1.43. The number of aromatic nitrogens is 3.